The monoisotopic (exact) mass is 366 g/mol. The van der Waals surface area contributed by atoms with Crippen molar-refractivity contribution in [1.29, 1.82) is 0 Å². The minimum absolute atomic E-state index is 0.0286. The van der Waals surface area contributed by atoms with E-state index in [0.717, 1.165) is 17.9 Å². The molecule has 6 nitrogen and oxygen atoms in total. The zero-order valence-corrected chi connectivity index (χ0v) is 14.3. The largest absolute Gasteiger partial charge is 0.468 e. The van der Waals surface area contributed by atoms with E-state index in [2.05, 4.69) is 0 Å². The number of hydrogen-bond acceptors (Lipinski definition) is 5. The number of carbonyl (C=O) groups excluding carboxylic acids is 1. The molecule has 0 radical (unpaired) electrons. The summed E-state index contributed by atoms with van der Waals surface area (Å²) in [6, 6.07) is 7.96. The van der Waals surface area contributed by atoms with Crippen LogP contribution in [0.5, 0.6) is 0 Å². The predicted molar refractivity (Wildman–Crippen MR) is 92.5 cm³/mol. The number of nitro groups is 1. The second-order valence-corrected chi connectivity index (χ2v) is 7.10. The van der Waals surface area contributed by atoms with Gasteiger partial charge in [-0.3, -0.25) is 14.9 Å². The molecule has 1 aromatic heterocycles. The van der Waals surface area contributed by atoms with Crippen molar-refractivity contribution in [2.24, 2.45) is 0 Å². The number of carbonyl (C=O) groups is 1. The van der Waals surface area contributed by atoms with Gasteiger partial charge in [0.15, 0.2) is 0 Å². The molecule has 3 rings (SSSR count). The average Bonchev–Trinajstić information content (AvgIpc) is 2.99. The Balaban J connectivity index is 1.73. The molecule has 2 aromatic rings. The molecule has 1 saturated heterocycles. The van der Waals surface area contributed by atoms with Gasteiger partial charge in [0, 0.05) is 30.5 Å². The van der Waals surface area contributed by atoms with Gasteiger partial charge in [-0.2, -0.15) is 0 Å². The first kappa shape index (κ1) is 16.9. The molecule has 1 fully saturated rings. The van der Waals surface area contributed by atoms with E-state index in [9.17, 15) is 14.9 Å². The molecule has 0 bridgehead atoms. The SMILES string of the molecule is O=C(c1ccc(Cl)c([N+](=O)[O-])c1)N1CCSC(c2ccco2)CC1. The summed E-state index contributed by atoms with van der Waals surface area (Å²) in [6.07, 6.45) is 2.43. The summed E-state index contributed by atoms with van der Waals surface area (Å²) in [6.45, 7) is 1.17. The number of furan rings is 1. The van der Waals surface area contributed by atoms with Gasteiger partial charge in [0.05, 0.1) is 16.4 Å². The van der Waals surface area contributed by atoms with Crippen molar-refractivity contribution < 1.29 is 14.1 Å². The van der Waals surface area contributed by atoms with Gasteiger partial charge in [-0.15, -0.1) is 11.8 Å². The zero-order valence-electron chi connectivity index (χ0n) is 12.7. The van der Waals surface area contributed by atoms with Gasteiger partial charge >= 0.3 is 0 Å². The van der Waals surface area contributed by atoms with Gasteiger partial charge in [-0.05, 0) is 30.7 Å². The maximum atomic E-state index is 12.7. The fraction of sp³-hybridized carbons (Fsp3) is 0.312. The number of rotatable bonds is 3. The lowest BCUT2D eigenvalue weighted by atomic mass is 10.1. The van der Waals surface area contributed by atoms with Gasteiger partial charge in [0.1, 0.15) is 10.8 Å². The Labute approximate surface area is 147 Å². The third kappa shape index (κ3) is 3.57. The highest BCUT2D eigenvalue weighted by Crippen LogP contribution is 2.35. The van der Waals surface area contributed by atoms with Gasteiger partial charge in [0.25, 0.3) is 11.6 Å². The Kier molecular flexibility index (Phi) is 5.11. The van der Waals surface area contributed by atoms with Crippen molar-refractivity contribution in [3.05, 3.63) is 63.1 Å². The second-order valence-electron chi connectivity index (χ2n) is 5.38. The summed E-state index contributed by atoms with van der Waals surface area (Å²) in [5.41, 5.74) is 0.0349. The fourth-order valence-electron chi connectivity index (χ4n) is 2.64. The van der Waals surface area contributed by atoms with Crippen molar-refractivity contribution >= 4 is 35.0 Å². The highest BCUT2D eigenvalue weighted by molar-refractivity contribution is 7.99. The van der Waals surface area contributed by atoms with Gasteiger partial charge in [0.2, 0.25) is 0 Å². The Hall–Kier alpha value is -1.99. The van der Waals surface area contributed by atoms with E-state index in [-0.39, 0.29) is 27.4 Å². The number of thioether (sulfide) groups is 1. The number of nitrogens with zero attached hydrogens (tertiary/aromatic N) is 2. The van der Waals surface area contributed by atoms with Crippen molar-refractivity contribution in [3.63, 3.8) is 0 Å². The van der Waals surface area contributed by atoms with Crippen LogP contribution in [0.25, 0.3) is 0 Å². The number of nitro benzene ring substituents is 1. The average molecular weight is 367 g/mol. The number of hydrogen-bond donors (Lipinski definition) is 0. The van der Waals surface area contributed by atoms with Crippen LogP contribution in [0.2, 0.25) is 5.02 Å². The Morgan fingerprint density at radius 1 is 1.38 bits per heavy atom. The van der Waals surface area contributed by atoms with Crippen LogP contribution >= 0.6 is 23.4 Å². The lowest BCUT2D eigenvalue weighted by Crippen LogP contribution is -2.33. The van der Waals surface area contributed by atoms with Crippen LogP contribution in [-0.2, 0) is 0 Å². The smallest absolute Gasteiger partial charge is 0.288 e. The molecule has 1 unspecified atom stereocenters. The maximum absolute atomic E-state index is 12.7. The summed E-state index contributed by atoms with van der Waals surface area (Å²) in [5, 5.41) is 11.2. The van der Waals surface area contributed by atoms with Crippen molar-refractivity contribution in [1.82, 2.24) is 4.90 Å². The van der Waals surface area contributed by atoms with Crippen molar-refractivity contribution in [2.45, 2.75) is 11.7 Å². The molecular weight excluding hydrogens is 352 g/mol. The molecule has 126 valence electrons. The Bertz CT molecular complexity index is 751. The molecule has 8 heteroatoms. The maximum Gasteiger partial charge on any atom is 0.288 e. The summed E-state index contributed by atoms with van der Waals surface area (Å²) >= 11 is 7.56. The first-order chi connectivity index (χ1) is 11.6. The molecule has 2 heterocycles. The lowest BCUT2D eigenvalue weighted by Gasteiger charge is -2.20. The quantitative estimate of drug-likeness (QED) is 0.602. The van der Waals surface area contributed by atoms with E-state index in [4.69, 9.17) is 16.0 Å². The fourth-order valence-corrected chi connectivity index (χ4v) is 4.01. The first-order valence-corrected chi connectivity index (χ1v) is 8.87. The van der Waals surface area contributed by atoms with Crippen LogP contribution in [0.3, 0.4) is 0 Å². The van der Waals surface area contributed by atoms with E-state index in [1.807, 2.05) is 12.1 Å². The number of halogens is 1. The Morgan fingerprint density at radius 2 is 2.21 bits per heavy atom. The summed E-state index contributed by atoms with van der Waals surface area (Å²) in [5.74, 6) is 1.49. The molecular formula is C16H15ClN2O4S. The standard InChI is InChI=1S/C16H15ClN2O4S/c17-12-4-3-11(10-13(12)19(21)22)16(20)18-6-5-15(24-9-7-18)14-2-1-8-23-14/h1-4,8,10,15H,5-7,9H2. The van der Waals surface area contributed by atoms with E-state index in [0.29, 0.717) is 13.1 Å². The van der Waals surface area contributed by atoms with E-state index in [1.54, 1.807) is 22.9 Å². The van der Waals surface area contributed by atoms with Crippen LogP contribution in [0.4, 0.5) is 5.69 Å². The topological polar surface area (TPSA) is 76.6 Å². The van der Waals surface area contributed by atoms with Crippen LogP contribution in [0, 0.1) is 10.1 Å². The van der Waals surface area contributed by atoms with Gasteiger partial charge in [-0.1, -0.05) is 11.6 Å². The molecule has 1 aromatic carbocycles. The zero-order chi connectivity index (χ0) is 17.1. The molecule has 0 aliphatic carbocycles. The number of benzene rings is 1. The molecule has 0 N–H and O–H groups in total. The van der Waals surface area contributed by atoms with Gasteiger partial charge < -0.3 is 9.32 Å². The summed E-state index contributed by atoms with van der Waals surface area (Å²) in [7, 11) is 0. The third-order valence-corrected chi connectivity index (χ3v) is 5.49. The predicted octanol–water partition coefficient (Wildman–Crippen LogP) is 4.16. The highest BCUT2D eigenvalue weighted by atomic mass is 35.5. The van der Waals surface area contributed by atoms with E-state index < -0.39 is 4.92 Å². The highest BCUT2D eigenvalue weighted by Gasteiger charge is 2.25. The Morgan fingerprint density at radius 3 is 2.92 bits per heavy atom. The molecule has 24 heavy (non-hydrogen) atoms. The molecule has 0 spiro atoms. The normalized spacial score (nSPS) is 18.2. The molecule has 1 amide bonds. The number of amides is 1. The summed E-state index contributed by atoms with van der Waals surface area (Å²) < 4.78 is 5.45. The first-order valence-electron chi connectivity index (χ1n) is 7.44. The second kappa shape index (κ2) is 7.27. The van der Waals surface area contributed by atoms with E-state index in [1.165, 1.54) is 18.2 Å². The van der Waals surface area contributed by atoms with Crippen LogP contribution in [0.15, 0.2) is 41.0 Å². The minimum Gasteiger partial charge on any atom is -0.468 e. The van der Waals surface area contributed by atoms with Crippen LogP contribution < -0.4 is 0 Å². The molecule has 1 atom stereocenters. The molecule has 0 saturated carbocycles. The van der Waals surface area contributed by atoms with Crippen LogP contribution in [-0.4, -0.2) is 34.6 Å². The van der Waals surface area contributed by atoms with Crippen molar-refractivity contribution in [3.8, 4) is 0 Å². The van der Waals surface area contributed by atoms with Crippen LogP contribution in [0.1, 0.15) is 27.8 Å². The van der Waals surface area contributed by atoms with Gasteiger partial charge in [-0.25, -0.2) is 0 Å². The lowest BCUT2D eigenvalue weighted by molar-refractivity contribution is -0.384. The summed E-state index contributed by atoms with van der Waals surface area (Å²) in [4.78, 5) is 24.8. The van der Waals surface area contributed by atoms with E-state index >= 15 is 0 Å². The molecule has 1 aliphatic heterocycles. The van der Waals surface area contributed by atoms with Crippen molar-refractivity contribution in [2.75, 3.05) is 18.8 Å². The minimum atomic E-state index is -0.579. The molecule has 1 aliphatic rings. The third-order valence-electron chi connectivity index (χ3n) is 3.88.